The topological polar surface area (TPSA) is 73.0 Å². The van der Waals surface area contributed by atoms with E-state index in [0.29, 0.717) is 32.2 Å². The van der Waals surface area contributed by atoms with E-state index in [0.717, 1.165) is 29.4 Å². The van der Waals surface area contributed by atoms with Crippen molar-refractivity contribution in [1.29, 1.82) is 0 Å². The Hall–Kier alpha value is -1.93. The first kappa shape index (κ1) is 20.4. The third-order valence-electron chi connectivity index (χ3n) is 3.83. The summed E-state index contributed by atoms with van der Waals surface area (Å²) in [5, 5.41) is 0.950. The number of nitrogens with zero attached hydrogens (tertiary/aromatic N) is 1. The Labute approximate surface area is 154 Å². The van der Waals surface area contributed by atoms with Crippen molar-refractivity contribution in [2.24, 2.45) is 0 Å². The summed E-state index contributed by atoms with van der Waals surface area (Å²) in [5.41, 5.74) is 2.08. The van der Waals surface area contributed by atoms with Gasteiger partial charge in [-0.15, -0.1) is 0 Å². The summed E-state index contributed by atoms with van der Waals surface area (Å²) in [7, 11) is 5.69. The zero-order chi connectivity index (χ0) is 18.8. The monoisotopic (exact) mass is 364 g/mol. The Balaban J connectivity index is 1.87. The van der Waals surface area contributed by atoms with Crippen molar-refractivity contribution >= 4 is 16.9 Å². The molecular formula is C19H28N2O5. The molecular weight excluding hydrogens is 336 g/mol. The quantitative estimate of drug-likeness (QED) is 0.352. The van der Waals surface area contributed by atoms with Gasteiger partial charge in [0.05, 0.1) is 26.4 Å². The van der Waals surface area contributed by atoms with Crippen molar-refractivity contribution in [2.45, 2.75) is 6.42 Å². The number of hydrogen-bond acceptors (Lipinski definition) is 6. The Kier molecular flexibility index (Phi) is 8.57. The van der Waals surface area contributed by atoms with Crippen LogP contribution in [0, 0.1) is 0 Å². The van der Waals surface area contributed by atoms with Crippen molar-refractivity contribution < 1.29 is 23.7 Å². The Morgan fingerprint density at radius 1 is 1.12 bits per heavy atom. The van der Waals surface area contributed by atoms with Gasteiger partial charge in [0.1, 0.15) is 12.4 Å². The molecule has 7 heteroatoms. The molecule has 1 aromatic carbocycles. The summed E-state index contributed by atoms with van der Waals surface area (Å²) in [6.45, 7) is 2.61. The summed E-state index contributed by atoms with van der Waals surface area (Å²) >= 11 is 0. The van der Waals surface area contributed by atoms with E-state index in [9.17, 15) is 4.79 Å². The van der Waals surface area contributed by atoms with Crippen LogP contribution in [0.2, 0.25) is 0 Å². The average Bonchev–Trinajstić information content (AvgIpc) is 3.03. The predicted molar refractivity (Wildman–Crippen MR) is 99.7 cm³/mol. The number of ether oxygens (including phenoxy) is 4. The maximum atomic E-state index is 12.1. The van der Waals surface area contributed by atoms with Crippen molar-refractivity contribution in [3.05, 3.63) is 30.0 Å². The molecule has 0 atom stereocenters. The van der Waals surface area contributed by atoms with Crippen LogP contribution in [0.1, 0.15) is 5.56 Å². The molecule has 0 bridgehead atoms. The lowest BCUT2D eigenvalue weighted by molar-refractivity contribution is -0.139. The molecule has 26 heavy (non-hydrogen) atoms. The van der Waals surface area contributed by atoms with E-state index in [1.807, 2.05) is 32.4 Å². The van der Waals surface area contributed by atoms with Crippen molar-refractivity contribution in [3.63, 3.8) is 0 Å². The number of methoxy groups -OCH3 is 1. The third kappa shape index (κ3) is 6.42. The van der Waals surface area contributed by atoms with Crippen LogP contribution in [0.5, 0.6) is 5.75 Å². The van der Waals surface area contributed by atoms with E-state index in [4.69, 9.17) is 18.9 Å². The van der Waals surface area contributed by atoms with Gasteiger partial charge in [0.15, 0.2) is 0 Å². The van der Waals surface area contributed by atoms with Crippen LogP contribution < -0.4 is 4.74 Å². The van der Waals surface area contributed by atoms with Crippen LogP contribution in [0.15, 0.2) is 24.4 Å². The zero-order valence-electron chi connectivity index (χ0n) is 15.7. The Bertz CT molecular complexity index is 684. The lowest BCUT2D eigenvalue weighted by atomic mass is 10.1. The molecule has 1 heterocycles. The maximum Gasteiger partial charge on any atom is 0.337 e. The van der Waals surface area contributed by atoms with Gasteiger partial charge in [0.25, 0.3) is 0 Å². The van der Waals surface area contributed by atoms with Gasteiger partial charge in [-0.2, -0.15) is 0 Å². The first-order valence-electron chi connectivity index (χ1n) is 8.70. The first-order valence-corrected chi connectivity index (χ1v) is 8.70. The van der Waals surface area contributed by atoms with Crippen LogP contribution in [-0.4, -0.2) is 76.6 Å². The molecule has 0 aliphatic carbocycles. The minimum atomic E-state index is -0.422. The fraction of sp³-hybridized carbons (Fsp3) is 0.526. The fourth-order valence-corrected chi connectivity index (χ4v) is 2.52. The van der Waals surface area contributed by atoms with Crippen molar-refractivity contribution in [2.75, 3.05) is 60.8 Å². The van der Waals surface area contributed by atoms with Crippen molar-refractivity contribution in [1.82, 2.24) is 9.88 Å². The third-order valence-corrected chi connectivity index (χ3v) is 3.83. The van der Waals surface area contributed by atoms with Gasteiger partial charge in [0, 0.05) is 30.8 Å². The molecule has 0 aliphatic heterocycles. The van der Waals surface area contributed by atoms with Gasteiger partial charge in [-0.05, 0) is 38.2 Å². The average molecular weight is 364 g/mol. The maximum absolute atomic E-state index is 12.1. The number of likely N-dealkylation sites (N-methyl/N-ethyl adjacent to an activating group) is 1. The molecule has 0 radical (unpaired) electrons. The number of H-pyrrole nitrogens is 1. The lowest BCUT2D eigenvalue weighted by Crippen LogP contribution is -2.18. The highest BCUT2D eigenvalue weighted by Crippen LogP contribution is 2.29. The summed E-state index contributed by atoms with van der Waals surface area (Å²) in [6, 6.07) is 5.64. The summed E-state index contributed by atoms with van der Waals surface area (Å²) in [4.78, 5) is 17.4. The molecule has 7 nitrogen and oxygen atoms in total. The lowest BCUT2D eigenvalue weighted by Gasteiger charge is -2.10. The number of rotatable bonds is 12. The summed E-state index contributed by atoms with van der Waals surface area (Å²) in [5.74, 6) is 0.136. The van der Waals surface area contributed by atoms with Crippen LogP contribution in [0.3, 0.4) is 0 Å². The molecule has 144 valence electrons. The highest BCUT2D eigenvalue weighted by molar-refractivity contribution is 5.91. The number of nitrogens with one attached hydrogen (secondary N) is 1. The summed E-state index contributed by atoms with van der Waals surface area (Å²) < 4.78 is 21.0. The molecule has 0 saturated heterocycles. The molecule has 1 N–H and O–H groups in total. The van der Waals surface area contributed by atoms with E-state index in [1.165, 1.54) is 0 Å². The summed E-state index contributed by atoms with van der Waals surface area (Å²) in [6.07, 6.45) is 2.84. The molecule has 0 amide bonds. The highest BCUT2D eigenvalue weighted by Gasteiger charge is 2.13. The number of aromatic nitrogens is 1. The van der Waals surface area contributed by atoms with E-state index in [1.54, 1.807) is 13.2 Å². The van der Waals surface area contributed by atoms with Crippen LogP contribution in [0.25, 0.3) is 10.9 Å². The Morgan fingerprint density at radius 3 is 2.65 bits per heavy atom. The van der Waals surface area contributed by atoms with Gasteiger partial charge in [-0.1, -0.05) is 6.07 Å². The van der Waals surface area contributed by atoms with Gasteiger partial charge in [0.2, 0.25) is 0 Å². The van der Waals surface area contributed by atoms with Gasteiger partial charge in [-0.25, -0.2) is 4.79 Å². The number of fused-ring (bicyclic) bond motifs is 1. The van der Waals surface area contributed by atoms with Gasteiger partial charge in [-0.3, -0.25) is 0 Å². The normalized spacial score (nSPS) is 11.4. The molecule has 2 aromatic rings. The number of carbonyl (C=O) groups is 1. The van der Waals surface area contributed by atoms with Crippen LogP contribution >= 0.6 is 0 Å². The number of aromatic amines is 1. The standard InChI is InChI=1S/C19H28N2O5/c1-21(2)8-7-15-13-20-16-5-4-6-17(19(15)16)26-18(22)14-25-12-11-24-10-9-23-3/h4-6,13,20H,7-12,14H2,1-3H3. The number of esters is 1. The minimum absolute atomic E-state index is 0.110. The number of benzene rings is 1. The largest absolute Gasteiger partial charge is 0.424 e. The molecule has 0 spiro atoms. The van der Waals surface area contributed by atoms with E-state index < -0.39 is 5.97 Å². The SMILES string of the molecule is COCCOCCOCC(=O)Oc1cccc2[nH]cc(CCN(C)C)c12. The molecule has 0 aliphatic rings. The number of hydrogen-bond donors (Lipinski definition) is 1. The molecule has 2 rings (SSSR count). The number of carbonyl (C=O) groups excluding carboxylic acids is 1. The molecule has 0 saturated carbocycles. The first-order chi connectivity index (χ1) is 12.6. The highest BCUT2D eigenvalue weighted by atomic mass is 16.6. The smallest absolute Gasteiger partial charge is 0.337 e. The van der Waals surface area contributed by atoms with E-state index >= 15 is 0 Å². The molecule has 0 fully saturated rings. The minimum Gasteiger partial charge on any atom is -0.424 e. The zero-order valence-corrected chi connectivity index (χ0v) is 15.7. The second-order valence-electron chi connectivity index (χ2n) is 6.18. The van der Waals surface area contributed by atoms with E-state index in [2.05, 4.69) is 9.88 Å². The predicted octanol–water partition coefficient (Wildman–Crippen LogP) is 1.86. The second kappa shape index (κ2) is 10.9. The van der Waals surface area contributed by atoms with Gasteiger partial charge >= 0.3 is 5.97 Å². The van der Waals surface area contributed by atoms with E-state index in [-0.39, 0.29) is 6.61 Å². The second-order valence-corrected chi connectivity index (χ2v) is 6.18. The van der Waals surface area contributed by atoms with Gasteiger partial charge < -0.3 is 28.8 Å². The molecule has 0 unspecified atom stereocenters. The fourth-order valence-electron chi connectivity index (χ4n) is 2.52. The molecule has 1 aromatic heterocycles. The Morgan fingerprint density at radius 2 is 1.88 bits per heavy atom. The van der Waals surface area contributed by atoms with Crippen molar-refractivity contribution in [3.8, 4) is 5.75 Å². The van der Waals surface area contributed by atoms with Crippen LogP contribution in [-0.2, 0) is 25.4 Å². The van der Waals surface area contributed by atoms with Crippen LogP contribution in [0.4, 0.5) is 0 Å².